The van der Waals surface area contributed by atoms with Crippen LogP contribution in [0.1, 0.15) is 52.3 Å². The number of aromatic nitrogens is 3. The number of pyridine rings is 1. The molecule has 2 aliphatic heterocycles. The SMILES string of the molecule is N#Cc1ccc(COc2cccc(C3(O)CCN(Cc4nc5ccc(C(=O)O)cc5n4C[C@@H]4CCO4)CC3)n2)c(F)c1. The molecule has 4 heterocycles. The van der Waals surface area contributed by atoms with Crippen LogP contribution in [0.15, 0.2) is 54.6 Å². The van der Waals surface area contributed by atoms with E-state index in [-0.39, 0.29) is 29.7 Å². The number of hydrogen-bond acceptors (Lipinski definition) is 8. The van der Waals surface area contributed by atoms with Crippen LogP contribution in [0, 0.1) is 17.1 Å². The van der Waals surface area contributed by atoms with E-state index in [9.17, 15) is 19.4 Å². The first-order valence-electron chi connectivity index (χ1n) is 13.9. The molecule has 2 aromatic heterocycles. The molecule has 0 unspecified atom stereocenters. The summed E-state index contributed by atoms with van der Waals surface area (Å²) < 4.78 is 27.7. The highest BCUT2D eigenvalue weighted by Gasteiger charge is 2.36. The summed E-state index contributed by atoms with van der Waals surface area (Å²) in [5.41, 5.74) is 1.63. The minimum Gasteiger partial charge on any atom is -0.478 e. The minimum absolute atomic E-state index is 0.0545. The maximum absolute atomic E-state index is 14.3. The van der Waals surface area contributed by atoms with Crippen LogP contribution in [0.2, 0.25) is 0 Å². The fourth-order valence-electron chi connectivity index (χ4n) is 5.44. The molecular weight excluding hydrogens is 541 g/mol. The molecule has 0 amide bonds. The van der Waals surface area contributed by atoms with Gasteiger partial charge in [0.15, 0.2) is 0 Å². The lowest BCUT2D eigenvalue weighted by Crippen LogP contribution is -2.43. The third kappa shape index (κ3) is 5.69. The highest BCUT2D eigenvalue weighted by Crippen LogP contribution is 2.33. The van der Waals surface area contributed by atoms with Gasteiger partial charge in [0.05, 0.1) is 53.1 Å². The Morgan fingerprint density at radius 2 is 1.98 bits per heavy atom. The fourth-order valence-corrected chi connectivity index (χ4v) is 5.44. The van der Waals surface area contributed by atoms with E-state index >= 15 is 0 Å². The van der Waals surface area contributed by atoms with Crippen molar-refractivity contribution in [3.05, 3.63) is 88.6 Å². The molecule has 0 bridgehead atoms. The van der Waals surface area contributed by atoms with Crippen molar-refractivity contribution < 1.29 is 28.9 Å². The second-order valence-electron chi connectivity index (χ2n) is 10.8. The number of aromatic carboxylic acids is 1. The maximum Gasteiger partial charge on any atom is 0.335 e. The average Bonchev–Trinajstić information content (AvgIpc) is 3.31. The lowest BCUT2D eigenvalue weighted by atomic mass is 9.87. The highest BCUT2D eigenvalue weighted by molar-refractivity contribution is 5.92. The van der Waals surface area contributed by atoms with Crippen LogP contribution in [0.3, 0.4) is 0 Å². The molecule has 2 aromatic carbocycles. The van der Waals surface area contributed by atoms with E-state index in [1.54, 1.807) is 36.4 Å². The third-order valence-electron chi connectivity index (χ3n) is 8.06. The first-order chi connectivity index (χ1) is 20.3. The number of benzene rings is 2. The van der Waals surface area contributed by atoms with E-state index in [2.05, 4.69) is 14.5 Å². The van der Waals surface area contributed by atoms with Crippen LogP contribution in [-0.4, -0.2) is 61.4 Å². The molecule has 4 aromatic rings. The summed E-state index contributed by atoms with van der Waals surface area (Å²) >= 11 is 0. The number of imidazole rings is 1. The lowest BCUT2D eigenvalue weighted by Gasteiger charge is -2.38. The Labute approximate surface area is 241 Å². The second kappa shape index (κ2) is 11.5. The molecule has 0 radical (unpaired) electrons. The first kappa shape index (κ1) is 27.8. The van der Waals surface area contributed by atoms with Gasteiger partial charge in [0.2, 0.25) is 5.88 Å². The molecule has 0 spiro atoms. The number of halogens is 1. The van der Waals surface area contributed by atoms with Crippen molar-refractivity contribution in [2.24, 2.45) is 0 Å². The van der Waals surface area contributed by atoms with E-state index in [4.69, 9.17) is 19.7 Å². The monoisotopic (exact) mass is 571 g/mol. The number of carbonyl (C=O) groups is 1. The van der Waals surface area contributed by atoms with Crippen LogP contribution in [-0.2, 0) is 30.0 Å². The van der Waals surface area contributed by atoms with Gasteiger partial charge in [-0.3, -0.25) is 4.90 Å². The quantitative estimate of drug-likeness (QED) is 0.306. The van der Waals surface area contributed by atoms with E-state index in [1.807, 2.05) is 6.07 Å². The maximum atomic E-state index is 14.3. The van der Waals surface area contributed by atoms with Crippen LogP contribution in [0.4, 0.5) is 4.39 Å². The molecule has 6 rings (SSSR count). The number of aliphatic hydroxyl groups is 1. The van der Waals surface area contributed by atoms with E-state index in [0.717, 1.165) is 29.9 Å². The Balaban J connectivity index is 1.13. The Bertz CT molecular complexity index is 1670. The van der Waals surface area contributed by atoms with E-state index < -0.39 is 17.4 Å². The van der Waals surface area contributed by atoms with Crippen molar-refractivity contribution in [2.75, 3.05) is 19.7 Å². The van der Waals surface area contributed by atoms with Gasteiger partial charge in [-0.05, 0) is 55.7 Å². The summed E-state index contributed by atoms with van der Waals surface area (Å²) in [7, 11) is 0. The van der Waals surface area contributed by atoms with Gasteiger partial charge in [-0.25, -0.2) is 19.2 Å². The number of rotatable bonds is 9. The van der Waals surface area contributed by atoms with Crippen molar-refractivity contribution in [1.29, 1.82) is 5.26 Å². The van der Waals surface area contributed by atoms with Crippen molar-refractivity contribution in [3.8, 4) is 11.9 Å². The lowest BCUT2D eigenvalue weighted by molar-refractivity contribution is -0.0596. The molecule has 2 aliphatic rings. The predicted molar refractivity (Wildman–Crippen MR) is 149 cm³/mol. The summed E-state index contributed by atoms with van der Waals surface area (Å²) in [6.07, 6.45) is 1.92. The number of carboxylic acids is 1. The third-order valence-corrected chi connectivity index (χ3v) is 8.06. The van der Waals surface area contributed by atoms with Crippen molar-refractivity contribution in [3.63, 3.8) is 0 Å². The van der Waals surface area contributed by atoms with Gasteiger partial charge >= 0.3 is 5.97 Å². The Morgan fingerprint density at radius 1 is 1.17 bits per heavy atom. The number of nitrogens with zero attached hydrogens (tertiary/aromatic N) is 5. The highest BCUT2D eigenvalue weighted by atomic mass is 19.1. The molecule has 0 saturated carbocycles. The topological polar surface area (TPSA) is 134 Å². The summed E-state index contributed by atoms with van der Waals surface area (Å²) in [5.74, 6) is -0.394. The molecule has 2 saturated heterocycles. The van der Waals surface area contributed by atoms with Gasteiger partial charge in [-0.1, -0.05) is 12.1 Å². The van der Waals surface area contributed by atoms with Crippen LogP contribution in [0.5, 0.6) is 5.88 Å². The number of likely N-dealkylation sites (tertiary alicyclic amines) is 1. The molecule has 10 nitrogen and oxygen atoms in total. The largest absolute Gasteiger partial charge is 0.478 e. The summed E-state index contributed by atoms with van der Waals surface area (Å²) in [6, 6.07) is 16.3. The van der Waals surface area contributed by atoms with Crippen molar-refractivity contribution in [2.45, 2.75) is 50.7 Å². The summed E-state index contributed by atoms with van der Waals surface area (Å²) in [4.78, 5) is 23.2. The molecular formula is C31H30FN5O5. The second-order valence-corrected chi connectivity index (χ2v) is 10.8. The van der Waals surface area contributed by atoms with Crippen LogP contribution >= 0.6 is 0 Å². The molecule has 216 valence electrons. The molecule has 0 aliphatic carbocycles. The number of fused-ring (bicyclic) bond motifs is 1. The number of hydrogen-bond donors (Lipinski definition) is 2. The van der Waals surface area contributed by atoms with Crippen LogP contribution in [0.25, 0.3) is 11.0 Å². The van der Waals surface area contributed by atoms with Crippen molar-refractivity contribution in [1.82, 2.24) is 19.4 Å². The zero-order valence-electron chi connectivity index (χ0n) is 22.9. The normalized spacial score (nSPS) is 18.4. The standard InChI is InChI=1S/C31H30FN5O5/c32-24-14-20(16-33)4-5-22(24)19-42-29-3-1-2-27(35-29)31(40)9-11-36(12-10-31)18-28-34-25-7-6-21(30(38)39)15-26(25)37(28)17-23-8-13-41-23/h1-7,14-15,23,40H,8-13,17-19H2,(H,38,39)/t23-/m0/s1. The number of piperidine rings is 1. The summed E-state index contributed by atoms with van der Waals surface area (Å²) in [6.45, 7) is 3.03. The number of carboxylic acid groups (broad SMARTS) is 1. The van der Waals surface area contributed by atoms with E-state index in [0.29, 0.717) is 50.3 Å². The van der Waals surface area contributed by atoms with Crippen LogP contribution < -0.4 is 4.74 Å². The zero-order chi connectivity index (χ0) is 29.3. The number of nitriles is 1. The molecule has 2 N–H and O–H groups in total. The smallest absolute Gasteiger partial charge is 0.335 e. The molecule has 2 fully saturated rings. The molecule has 11 heteroatoms. The average molecular weight is 572 g/mol. The van der Waals surface area contributed by atoms with Gasteiger partial charge in [0, 0.05) is 31.3 Å². The van der Waals surface area contributed by atoms with Gasteiger partial charge in [0.1, 0.15) is 23.8 Å². The van der Waals surface area contributed by atoms with E-state index in [1.165, 1.54) is 18.2 Å². The minimum atomic E-state index is -1.15. The first-order valence-corrected chi connectivity index (χ1v) is 13.9. The fraction of sp³-hybridized carbons (Fsp3) is 0.355. The Kier molecular flexibility index (Phi) is 7.60. The molecule has 1 atom stereocenters. The number of ether oxygens (including phenoxy) is 2. The molecule has 42 heavy (non-hydrogen) atoms. The van der Waals surface area contributed by atoms with Gasteiger partial charge in [-0.2, -0.15) is 5.26 Å². The summed E-state index contributed by atoms with van der Waals surface area (Å²) in [5, 5.41) is 29.9. The van der Waals surface area contributed by atoms with Gasteiger partial charge in [-0.15, -0.1) is 0 Å². The van der Waals surface area contributed by atoms with Crippen molar-refractivity contribution >= 4 is 17.0 Å². The van der Waals surface area contributed by atoms with Gasteiger partial charge < -0.3 is 24.3 Å². The Hall–Kier alpha value is -4.37. The zero-order valence-corrected chi connectivity index (χ0v) is 22.9. The predicted octanol–water partition coefficient (Wildman–Crippen LogP) is 3.99. The Morgan fingerprint density at radius 3 is 2.67 bits per heavy atom. The van der Waals surface area contributed by atoms with Gasteiger partial charge in [0.25, 0.3) is 0 Å².